The van der Waals surface area contributed by atoms with Crippen molar-refractivity contribution >= 4 is 5.97 Å². The van der Waals surface area contributed by atoms with Crippen molar-refractivity contribution in [1.82, 2.24) is 0 Å². The fourth-order valence-corrected chi connectivity index (χ4v) is 0. The summed E-state index contributed by atoms with van der Waals surface area (Å²) in [5.41, 5.74) is 0. The molecule has 11 heavy (non-hydrogen) atoms. The molecule has 73 valence electrons. The Balaban J connectivity index is -0.00000000214. The van der Waals surface area contributed by atoms with Gasteiger partial charge in [0.1, 0.15) is 0 Å². The third kappa shape index (κ3) is 2140. The van der Waals surface area contributed by atoms with E-state index in [0.29, 0.717) is 0 Å². The van der Waals surface area contributed by atoms with Crippen molar-refractivity contribution in [2.45, 2.75) is 6.92 Å². The molecule has 0 fully saturated rings. The average molecular weight is 307 g/mol. The summed E-state index contributed by atoms with van der Waals surface area (Å²) in [4.78, 5) is 8.89. The summed E-state index contributed by atoms with van der Waals surface area (Å²) in [6, 6.07) is 0. The summed E-state index contributed by atoms with van der Waals surface area (Å²) in [5, 5.41) is 8.89. The van der Waals surface area contributed by atoms with Crippen LogP contribution in [0.5, 0.6) is 0 Å². The minimum Gasteiger partial charge on any atom is -0.550 e. The third-order valence-electron chi connectivity index (χ3n) is 0. The van der Waals surface area contributed by atoms with E-state index in [1.165, 1.54) is 0 Å². The van der Waals surface area contributed by atoms with E-state index in [1.807, 2.05) is 0 Å². The summed E-state index contributed by atoms with van der Waals surface area (Å²) in [6.07, 6.45) is 0. The van der Waals surface area contributed by atoms with Crippen LogP contribution in [0.2, 0.25) is 0 Å². The zero-order valence-corrected chi connectivity index (χ0v) is 8.96. The molecule has 0 saturated carbocycles. The molecule has 0 unspecified atom stereocenters. The minimum absolute atomic E-state index is 0. The van der Waals surface area contributed by atoms with E-state index in [0.717, 1.165) is 6.92 Å². The predicted octanol–water partition coefficient (Wildman–Crippen LogP) is -6.19. The number of carbonyl (C=O) groups excluding carboxylic acids is 1. The number of hydrogen-bond acceptors (Lipinski definition) is 2. The first-order valence-corrected chi connectivity index (χ1v) is 0.908. The topological polar surface area (TPSA) is 229 Å². The van der Waals surface area contributed by atoms with Crippen molar-refractivity contribution in [2.75, 3.05) is 0 Å². The van der Waals surface area contributed by atoms with Gasteiger partial charge in [0, 0.05) is 5.97 Å². The molecule has 0 aromatic carbocycles. The summed E-state index contributed by atoms with van der Waals surface area (Å²) in [7, 11) is 0. The van der Waals surface area contributed by atoms with Crippen LogP contribution >= 0.6 is 0 Å². The van der Waals surface area contributed by atoms with Crippen molar-refractivity contribution in [1.29, 1.82) is 0 Å². The van der Waals surface area contributed by atoms with E-state index in [4.69, 9.17) is 9.90 Å². The molecule has 0 aliphatic carbocycles. The number of carboxylic acid groups (broad SMARTS) is 1. The molecular formula is C2H15CeO8+2. The van der Waals surface area contributed by atoms with Crippen LogP contribution in [0, 0.1) is 41.7 Å². The van der Waals surface area contributed by atoms with Crippen LogP contribution in [0.15, 0.2) is 0 Å². The van der Waals surface area contributed by atoms with Gasteiger partial charge < -0.3 is 42.8 Å². The first-order chi connectivity index (χ1) is 1.73. The Morgan fingerprint density at radius 2 is 0.909 bits per heavy atom. The molecule has 0 aromatic rings. The molecule has 0 aliphatic rings. The molecule has 0 saturated heterocycles. The fraction of sp³-hybridized carbons (Fsp3) is 0.500. The van der Waals surface area contributed by atoms with Crippen LogP contribution in [0.3, 0.4) is 0 Å². The van der Waals surface area contributed by atoms with Gasteiger partial charge in [0.2, 0.25) is 0 Å². The molecule has 0 amide bonds. The standard InChI is InChI=1S/C2H4O2.Ce.6H2O/c1-2(3)4;;;;;;;/h1H3,(H,3,4);;6*1H2/q;+3;;;;;;/p-1. The van der Waals surface area contributed by atoms with E-state index >= 15 is 0 Å². The number of carboxylic acids is 1. The molecule has 0 aromatic heterocycles. The minimum atomic E-state index is -1.08. The molecule has 0 atom stereocenters. The second kappa shape index (κ2) is 75.3. The molecule has 9 heteroatoms. The van der Waals surface area contributed by atoms with Gasteiger partial charge in [-0.1, -0.05) is 0 Å². The van der Waals surface area contributed by atoms with Gasteiger partial charge >= 0.3 is 41.7 Å². The van der Waals surface area contributed by atoms with E-state index in [9.17, 15) is 0 Å². The number of rotatable bonds is 0. The molecule has 0 bridgehead atoms. The van der Waals surface area contributed by atoms with Crippen LogP contribution in [-0.2, 0) is 4.79 Å². The van der Waals surface area contributed by atoms with Gasteiger partial charge in [0.05, 0.1) is 0 Å². The van der Waals surface area contributed by atoms with Gasteiger partial charge in [0.15, 0.2) is 0 Å². The van der Waals surface area contributed by atoms with Crippen molar-refractivity contribution in [3.05, 3.63) is 0 Å². The Morgan fingerprint density at radius 1 is 0.909 bits per heavy atom. The maximum absolute atomic E-state index is 8.89. The van der Waals surface area contributed by atoms with Crippen molar-refractivity contribution < 1.29 is 84.5 Å². The smallest absolute Gasteiger partial charge is 0.550 e. The Kier molecular flexibility index (Phi) is 687. The van der Waals surface area contributed by atoms with E-state index < -0.39 is 5.97 Å². The second-order valence-electron chi connectivity index (χ2n) is 0.492. The molecule has 0 aliphatic heterocycles. The van der Waals surface area contributed by atoms with Crippen LogP contribution in [0.1, 0.15) is 6.92 Å². The monoisotopic (exact) mass is 307 g/mol. The van der Waals surface area contributed by atoms with Gasteiger partial charge in [-0.2, -0.15) is 0 Å². The van der Waals surface area contributed by atoms with Crippen molar-refractivity contribution in [3.8, 4) is 0 Å². The first kappa shape index (κ1) is 100. The molecule has 0 heterocycles. The Morgan fingerprint density at radius 3 is 0.909 bits per heavy atom. The summed E-state index contributed by atoms with van der Waals surface area (Å²) in [6.45, 7) is 0.972. The molecular weight excluding hydrogens is 292 g/mol. The van der Waals surface area contributed by atoms with E-state index in [2.05, 4.69) is 0 Å². The van der Waals surface area contributed by atoms with Gasteiger partial charge in [-0.3, -0.25) is 0 Å². The predicted molar refractivity (Wildman–Crippen MR) is 32.4 cm³/mol. The van der Waals surface area contributed by atoms with Crippen molar-refractivity contribution in [3.63, 3.8) is 0 Å². The van der Waals surface area contributed by atoms with E-state index in [1.54, 1.807) is 0 Å². The van der Waals surface area contributed by atoms with Gasteiger partial charge in [-0.15, -0.1) is 0 Å². The summed E-state index contributed by atoms with van der Waals surface area (Å²) < 4.78 is 0. The van der Waals surface area contributed by atoms with Crippen molar-refractivity contribution in [2.24, 2.45) is 0 Å². The molecule has 0 spiro atoms. The zero-order chi connectivity index (χ0) is 3.58. The SMILES string of the molecule is CC(=O)[O-].O.O.O.O.O.O.[Ce+3]. The third-order valence-corrected chi connectivity index (χ3v) is 0. The normalized spacial score (nSPS) is 2.27. The maximum atomic E-state index is 8.89. The van der Waals surface area contributed by atoms with Gasteiger partial charge in [-0.25, -0.2) is 0 Å². The van der Waals surface area contributed by atoms with E-state index in [-0.39, 0.29) is 74.6 Å². The molecule has 0 rings (SSSR count). The number of carbonyl (C=O) groups is 1. The maximum Gasteiger partial charge on any atom is 3.00 e. The summed E-state index contributed by atoms with van der Waals surface area (Å²) in [5.74, 6) is -1.08. The van der Waals surface area contributed by atoms with Crippen LogP contribution in [0.4, 0.5) is 0 Å². The quantitative estimate of drug-likeness (QED) is 0.425. The Hall–Kier alpha value is 0.607. The van der Waals surface area contributed by atoms with Crippen LogP contribution in [-0.4, -0.2) is 38.8 Å². The fourth-order valence-electron chi connectivity index (χ4n) is 0. The van der Waals surface area contributed by atoms with Gasteiger partial charge in [0.25, 0.3) is 0 Å². The second-order valence-corrected chi connectivity index (χ2v) is 0.492. The van der Waals surface area contributed by atoms with Crippen LogP contribution < -0.4 is 5.11 Å². The average Bonchev–Trinajstić information content (AvgIpc) is 0.811. The largest absolute Gasteiger partial charge is 3.00 e. The Labute approximate surface area is 96.8 Å². The number of hydrogen-bond donors (Lipinski definition) is 0. The first-order valence-electron chi connectivity index (χ1n) is 0.908. The molecule has 8 nitrogen and oxygen atoms in total. The Bertz CT molecular complexity index is 35.1. The number of aliphatic carboxylic acids is 1. The zero-order valence-electron chi connectivity index (χ0n) is 5.82. The summed E-state index contributed by atoms with van der Waals surface area (Å²) >= 11 is 0. The van der Waals surface area contributed by atoms with Gasteiger partial charge in [-0.05, 0) is 6.92 Å². The van der Waals surface area contributed by atoms with Crippen LogP contribution in [0.25, 0.3) is 0 Å². The molecule has 12 N–H and O–H groups in total. The molecule has 1 radical (unpaired) electrons.